The van der Waals surface area contributed by atoms with Crippen molar-refractivity contribution in [2.24, 2.45) is 11.8 Å². The van der Waals surface area contributed by atoms with Crippen molar-refractivity contribution < 1.29 is 28.6 Å². The van der Waals surface area contributed by atoms with Crippen LogP contribution in [-0.2, 0) is 27.2 Å². The van der Waals surface area contributed by atoms with Crippen LogP contribution >= 0.6 is 11.3 Å². The van der Waals surface area contributed by atoms with Crippen molar-refractivity contribution in [3.63, 3.8) is 0 Å². The van der Waals surface area contributed by atoms with Crippen LogP contribution in [-0.4, -0.2) is 77.7 Å². The van der Waals surface area contributed by atoms with Gasteiger partial charge in [-0.3, -0.25) is 19.8 Å². The number of ether oxygens (including phenoxy) is 3. The van der Waals surface area contributed by atoms with E-state index in [0.717, 1.165) is 77.0 Å². The topological polar surface area (TPSA) is 123 Å². The normalized spacial score (nSPS) is 15.4. The number of rotatable bonds is 13. The molecule has 1 saturated heterocycles. The lowest BCUT2D eigenvalue weighted by Crippen LogP contribution is -2.39. The number of piperidine rings is 1. The summed E-state index contributed by atoms with van der Waals surface area (Å²) in [5, 5.41) is 3.58. The number of aromatic nitrogens is 2. The third-order valence-corrected chi connectivity index (χ3v) is 12.2. The van der Waals surface area contributed by atoms with E-state index >= 15 is 0 Å². The van der Waals surface area contributed by atoms with E-state index in [4.69, 9.17) is 19.2 Å². The summed E-state index contributed by atoms with van der Waals surface area (Å²) in [6.45, 7) is 16.0. The molecule has 310 valence electrons. The number of aryl methyl sites for hydroxylation is 1. The number of esters is 2. The average molecular weight is 818 g/mol. The summed E-state index contributed by atoms with van der Waals surface area (Å²) >= 11 is 1.45. The first-order valence-corrected chi connectivity index (χ1v) is 21.6. The maximum atomic E-state index is 13.9. The van der Waals surface area contributed by atoms with Crippen molar-refractivity contribution in [3.05, 3.63) is 101 Å². The lowest BCUT2D eigenvalue weighted by atomic mass is 9.84. The molecule has 0 unspecified atom stereocenters. The number of thiazole rings is 1. The van der Waals surface area contributed by atoms with Crippen molar-refractivity contribution in [3.8, 4) is 16.9 Å². The van der Waals surface area contributed by atoms with Crippen LogP contribution in [0.5, 0.6) is 5.75 Å². The fourth-order valence-electron chi connectivity index (χ4n) is 8.10. The molecule has 12 heteroatoms. The quantitative estimate of drug-likeness (QED) is 0.115. The van der Waals surface area contributed by atoms with Gasteiger partial charge in [-0.1, -0.05) is 48.6 Å². The SMILES string of the molecule is CCOC(=O)CN1CCC([C@H](C)CCOc2ccc(-c3ccc(N4CCc5cccc(C(=O)Nc6nc7ccccc7s6)c5C4)nc3C(=O)OC(C)(C)C)c(C)c2)CC1. The zero-order valence-corrected chi connectivity index (χ0v) is 35.8. The Balaban J connectivity index is 1.04. The molecule has 3 aromatic carbocycles. The fraction of sp³-hybridized carbons (Fsp3) is 0.426. The van der Waals surface area contributed by atoms with E-state index in [1.807, 2.05) is 101 Å². The Labute approximate surface area is 351 Å². The van der Waals surface area contributed by atoms with Gasteiger partial charge in [0.05, 0.1) is 30.0 Å². The van der Waals surface area contributed by atoms with Gasteiger partial charge in [0.15, 0.2) is 10.8 Å². The van der Waals surface area contributed by atoms with E-state index < -0.39 is 11.6 Å². The zero-order chi connectivity index (χ0) is 41.7. The lowest BCUT2D eigenvalue weighted by Gasteiger charge is -2.34. The van der Waals surface area contributed by atoms with Crippen molar-refractivity contribution in [2.75, 3.05) is 49.6 Å². The first kappa shape index (κ1) is 41.8. The molecule has 1 fully saturated rings. The molecule has 1 N–H and O–H groups in total. The minimum Gasteiger partial charge on any atom is -0.494 e. The van der Waals surface area contributed by atoms with E-state index in [1.165, 1.54) is 11.3 Å². The Kier molecular flexibility index (Phi) is 13.0. The summed E-state index contributed by atoms with van der Waals surface area (Å²) in [5.41, 5.74) is 5.52. The third kappa shape index (κ3) is 10.3. The van der Waals surface area contributed by atoms with Gasteiger partial charge in [-0.25, -0.2) is 14.8 Å². The number of para-hydroxylation sites is 1. The predicted molar refractivity (Wildman–Crippen MR) is 233 cm³/mol. The van der Waals surface area contributed by atoms with Gasteiger partial charge < -0.3 is 19.1 Å². The van der Waals surface area contributed by atoms with Gasteiger partial charge in [0.2, 0.25) is 0 Å². The molecule has 0 saturated carbocycles. The maximum Gasteiger partial charge on any atom is 0.358 e. The van der Waals surface area contributed by atoms with Crippen molar-refractivity contribution in [1.82, 2.24) is 14.9 Å². The minimum absolute atomic E-state index is 0.146. The molecule has 4 heterocycles. The molecule has 0 radical (unpaired) electrons. The van der Waals surface area contributed by atoms with Gasteiger partial charge in [0, 0.05) is 24.2 Å². The summed E-state index contributed by atoms with van der Waals surface area (Å²) in [7, 11) is 0. The summed E-state index contributed by atoms with van der Waals surface area (Å²) in [5.74, 6) is 1.67. The van der Waals surface area contributed by atoms with Crippen LogP contribution in [0.15, 0.2) is 72.8 Å². The molecular weight excluding hydrogens is 763 g/mol. The molecule has 2 aromatic heterocycles. The Morgan fingerprint density at radius 2 is 1.73 bits per heavy atom. The minimum atomic E-state index is -0.717. The molecule has 1 atom stereocenters. The van der Waals surface area contributed by atoms with E-state index in [2.05, 4.69) is 33.1 Å². The van der Waals surface area contributed by atoms with Gasteiger partial charge in [0.25, 0.3) is 5.91 Å². The highest BCUT2D eigenvalue weighted by molar-refractivity contribution is 7.22. The Morgan fingerprint density at radius 3 is 2.47 bits per heavy atom. The average Bonchev–Trinajstić information content (AvgIpc) is 3.62. The summed E-state index contributed by atoms with van der Waals surface area (Å²) < 4.78 is 18.3. The molecule has 2 aliphatic heterocycles. The third-order valence-electron chi connectivity index (χ3n) is 11.3. The Bertz CT molecular complexity index is 2280. The van der Waals surface area contributed by atoms with E-state index in [-0.39, 0.29) is 17.6 Å². The van der Waals surface area contributed by atoms with Gasteiger partial charge >= 0.3 is 11.9 Å². The second kappa shape index (κ2) is 18.3. The van der Waals surface area contributed by atoms with Crippen LogP contribution in [0.1, 0.15) is 91.4 Å². The first-order chi connectivity index (χ1) is 28.3. The van der Waals surface area contributed by atoms with E-state index in [0.29, 0.717) is 66.8 Å². The molecule has 0 spiro atoms. The monoisotopic (exact) mass is 817 g/mol. The lowest BCUT2D eigenvalue weighted by molar-refractivity contribution is -0.144. The van der Waals surface area contributed by atoms with Crippen LogP contribution in [0.4, 0.5) is 10.9 Å². The molecule has 0 bridgehead atoms. The number of benzene rings is 3. The number of fused-ring (bicyclic) bond motifs is 2. The Hall–Kier alpha value is -5.33. The van der Waals surface area contributed by atoms with Crippen LogP contribution in [0, 0.1) is 18.8 Å². The first-order valence-electron chi connectivity index (χ1n) is 20.7. The summed E-state index contributed by atoms with van der Waals surface area (Å²) in [6.07, 6.45) is 3.79. The molecule has 1 amide bonds. The smallest absolute Gasteiger partial charge is 0.358 e. The number of nitrogens with zero attached hydrogens (tertiary/aromatic N) is 4. The number of hydrogen-bond acceptors (Lipinski definition) is 11. The van der Waals surface area contributed by atoms with Gasteiger partial charge in [-0.2, -0.15) is 0 Å². The highest BCUT2D eigenvalue weighted by atomic mass is 32.1. The highest BCUT2D eigenvalue weighted by Crippen LogP contribution is 2.35. The number of carbonyl (C=O) groups is 3. The van der Waals surface area contributed by atoms with Crippen molar-refractivity contribution in [2.45, 2.75) is 79.4 Å². The van der Waals surface area contributed by atoms with Gasteiger partial charge in [0.1, 0.15) is 17.2 Å². The standard InChI is InChI=1S/C47H55N5O6S/c1-7-56-42(53)29-51-23-19-32(20-24-51)30(2)22-26-57-34-15-16-35(31(3)27-34)36-17-18-41(49-43(36)45(55)58-47(4,5)6)52-25-21-33-11-10-12-37(38(33)28-52)44(54)50-46-48-39-13-8-9-14-40(39)59-46/h8-18,27,30,32H,7,19-26,28-29H2,1-6H3,(H,48,50,54)/t30-/m1/s1. The number of pyridine rings is 1. The fourth-order valence-corrected chi connectivity index (χ4v) is 8.96. The molecule has 5 aromatic rings. The van der Waals surface area contributed by atoms with E-state index in [9.17, 15) is 14.4 Å². The number of amides is 1. The van der Waals surface area contributed by atoms with Crippen LogP contribution in [0.25, 0.3) is 21.3 Å². The number of anilines is 2. The molecule has 7 rings (SSSR count). The molecular formula is C47H55N5O6S. The second-order valence-electron chi connectivity index (χ2n) is 16.6. The van der Waals surface area contributed by atoms with Crippen molar-refractivity contribution >= 4 is 50.3 Å². The number of hydrogen-bond donors (Lipinski definition) is 1. The predicted octanol–water partition coefficient (Wildman–Crippen LogP) is 9.12. The number of likely N-dealkylation sites (tertiary alicyclic amines) is 1. The number of nitrogens with one attached hydrogen (secondary N) is 1. The zero-order valence-electron chi connectivity index (χ0n) is 35.0. The summed E-state index contributed by atoms with van der Waals surface area (Å²) in [6, 6.07) is 23.5. The number of carbonyl (C=O) groups excluding carboxylic acids is 3. The largest absolute Gasteiger partial charge is 0.494 e. The van der Waals surface area contributed by atoms with Crippen LogP contribution < -0.4 is 15.0 Å². The molecule has 11 nitrogen and oxygen atoms in total. The highest BCUT2D eigenvalue weighted by Gasteiger charge is 2.28. The summed E-state index contributed by atoms with van der Waals surface area (Å²) in [4.78, 5) is 53.3. The molecule has 59 heavy (non-hydrogen) atoms. The van der Waals surface area contributed by atoms with Crippen LogP contribution in [0.3, 0.4) is 0 Å². The van der Waals surface area contributed by atoms with Gasteiger partial charge in [-0.05, 0) is 150 Å². The maximum absolute atomic E-state index is 13.9. The van der Waals surface area contributed by atoms with Crippen LogP contribution in [0.2, 0.25) is 0 Å². The Morgan fingerprint density at radius 1 is 0.949 bits per heavy atom. The molecule has 2 aliphatic rings. The van der Waals surface area contributed by atoms with E-state index in [1.54, 1.807) is 0 Å². The second-order valence-corrected chi connectivity index (χ2v) is 17.7. The van der Waals surface area contributed by atoms with Crippen molar-refractivity contribution in [1.29, 1.82) is 0 Å². The van der Waals surface area contributed by atoms with Gasteiger partial charge in [-0.15, -0.1) is 0 Å². The molecule has 0 aliphatic carbocycles.